The van der Waals surface area contributed by atoms with E-state index in [2.05, 4.69) is 25.7 Å². The van der Waals surface area contributed by atoms with Crippen LogP contribution >= 0.6 is 0 Å². The van der Waals surface area contributed by atoms with Crippen molar-refractivity contribution in [3.63, 3.8) is 0 Å². The van der Waals surface area contributed by atoms with Crippen LogP contribution in [0.4, 0.5) is 0 Å². The smallest absolute Gasteiger partial charge is 0.120 e. The maximum absolute atomic E-state index is 8.66. The summed E-state index contributed by atoms with van der Waals surface area (Å²) in [6, 6.07) is 7.46. The summed E-state index contributed by atoms with van der Waals surface area (Å²) in [6.07, 6.45) is 0. The quantitative estimate of drug-likeness (QED) is 0.559. The van der Waals surface area contributed by atoms with Crippen molar-refractivity contribution in [2.24, 2.45) is 5.92 Å². The first kappa shape index (κ1) is 17.5. The van der Waals surface area contributed by atoms with Crippen LogP contribution in [0.25, 0.3) is 0 Å². The predicted molar refractivity (Wildman–Crippen MR) is 82.4 cm³/mol. The van der Waals surface area contributed by atoms with E-state index in [1.165, 1.54) is 0 Å². The highest BCUT2D eigenvalue weighted by molar-refractivity contribution is 5.39. The standard InChI is InChI=1S/C17H24O4/c1-15(2)14-20-10-9-19-11-12-21-17-7-3-5-16(13-17)6-4-8-18/h3,5,7,13,15,18H,8-12,14H2,1-2H3. The van der Waals surface area contributed by atoms with E-state index in [1.807, 2.05) is 24.3 Å². The first-order valence-electron chi connectivity index (χ1n) is 7.20. The van der Waals surface area contributed by atoms with Crippen LogP contribution in [0.15, 0.2) is 24.3 Å². The van der Waals surface area contributed by atoms with Gasteiger partial charge >= 0.3 is 0 Å². The Morgan fingerprint density at radius 1 is 1.10 bits per heavy atom. The molecule has 0 unspecified atom stereocenters. The van der Waals surface area contributed by atoms with Crippen LogP contribution < -0.4 is 4.74 Å². The molecule has 1 aromatic rings. The maximum Gasteiger partial charge on any atom is 0.120 e. The lowest BCUT2D eigenvalue weighted by Gasteiger charge is -2.09. The molecule has 1 aromatic carbocycles. The third-order valence-electron chi connectivity index (χ3n) is 2.47. The Morgan fingerprint density at radius 2 is 1.86 bits per heavy atom. The number of rotatable bonds is 9. The third-order valence-corrected chi connectivity index (χ3v) is 2.47. The molecule has 0 aliphatic rings. The van der Waals surface area contributed by atoms with Gasteiger partial charge in [0.25, 0.3) is 0 Å². The summed E-state index contributed by atoms with van der Waals surface area (Å²) in [5.74, 6) is 6.75. The van der Waals surface area contributed by atoms with Gasteiger partial charge in [-0.15, -0.1) is 0 Å². The zero-order chi connectivity index (χ0) is 15.3. The maximum atomic E-state index is 8.66. The summed E-state index contributed by atoms with van der Waals surface area (Å²) in [7, 11) is 0. The van der Waals surface area contributed by atoms with Gasteiger partial charge in [0, 0.05) is 12.2 Å². The van der Waals surface area contributed by atoms with Gasteiger partial charge in [0.15, 0.2) is 0 Å². The van der Waals surface area contributed by atoms with E-state index in [4.69, 9.17) is 19.3 Å². The van der Waals surface area contributed by atoms with Gasteiger partial charge in [0.05, 0.1) is 19.8 Å². The van der Waals surface area contributed by atoms with Crippen LogP contribution in [0.3, 0.4) is 0 Å². The molecule has 21 heavy (non-hydrogen) atoms. The zero-order valence-corrected chi connectivity index (χ0v) is 12.8. The fourth-order valence-electron chi connectivity index (χ4n) is 1.56. The van der Waals surface area contributed by atoms with Crippen LogP contribution in [0.5, 0.6) is 5.75 Å². The molecule has 1 rings (SSSR count). The Bertz CT molecular complexity index is 446. The highest BCUT2D eigenvalue weighted by atomic mass is 16.5. The van der Waals surface area contributed by atoms with Crippen LogP contribution in [0.2, 0.25) is 0 Å². The molecule has 4 nitrogen and oxygen atoms in total. The van der Waals surface area contributed by atoms with E-state index in [9.17, 15) is 0 Å². The molecule has 0 saturated carbocycles. The summed E-state index contributed by atoms with van der Waals surface area (Å²) in [5, 5.41) is 8.66. The van der Waals surface area contributed by atoms with Gasteiger partial charge in [-0.3, -0.25) is 0 Å². The summed E-state index contributed by atoms with van der Waals surface area (Å²) in [5.41, 5.74) is 0.824. The second kappa shape index (κ2) is 11.2. The monoisotopic (exact) mass is 292 g/mol. The largest absolute Gasteiger partial charge is 0.491 e. The average Bonchev–Trinajstić information content (AvgIpc) is 2.48. The highest BCUT2D eigenvalue weighted by Crippen LogP contribution is 2.12. The molecule has 0 bridgehead atoms. The summed E-state index contributed by atoms with van der Waals surface area (Å²) in [6.45, 7) is 7.07. The second-order valence-electron chi connectivity index (χ2n) is 4.92. The molecular weight excluding hydrogens is 268 g/mol. The van der Waals surface area contributed by atoms with Crippen LogP contribution in [0, 0.1) is 17.8 Å². The number of aliphatic hydroxyl groups is 1. The molecule has 0 atom stereocenters. The third kappa shape index (κ3) is 9.09. The van der Waals surface area contributed by atoms with Gasteiger partial charge in [-0.05, 0) is 24.1 Å². The average molecular weight is 292 g/mol. The highest BCUT2D eigenvalue weighted by Gasteiger charge is 1.96. The first-order chi connectivity index (χ1) is 10.2. The Hall–Kier alpha value is -1.54. The molecular formula is C17H24O4. The molecule has 0 aromatic heterocycles. The second-order valence-corrected chi connectivity index (χ2v) is 4.92. The van der Waals surface area contributed by atoms with Crippen molar-refractivity contribution in [1.82, 2.24) is 0 Å². The van der Waals surface area contributed by atoms with E-state index < -0.39 is 0 Å². The Balaban J connectivity index is 2.12. The van der Waals surface area contributed by atoms with Gasteiger partial charge in [0.1, 0.15) is 19.0 Å². The molecule has 0 aliphatic carbocycles. The molecule has 116 valence electrons. The predicted octanol–water partition coefficient (Wildman–Crippen LogP) is 2.10. The normalized spacial score (nSPS) is 10.3. The van der Waals surface area contributed by atoms with Crippen molar-refractivity contribution in [3.05, 3.63) is 29.8 Å². The van der Waals surface area contributed by atoms with E-state index in [0.717, 1.165) is 17.9 Å². The number of ether oxygens (including phenoxy) is 3. The summed E-state index contributed by atoms with van der Waals surface area (Å²) < 4.78 is 16.4. The Labute approximate surface area is 127 Å². The van der Waals surface area contributed by atoms with Gasteiger partial charge < -0.3 is 19.3 Å². The first-order valence-corrected chi connectivity index (χ1v) is 7.20. The van der Waals surface area contributed by atoms with Crippen molar-refractivity contribution < 1.29 is 19.3 Å². The fraction of sp³-hybridized carbons (Fsp3) is 0.529. The van der Waals surface area contributed by atoms with Crippen molar-refractivity contribution >= 4 is 0 Å². The number of hydrogen-bond acceptors (Lipinski definition) is 4. The Morgan fingerprint density at radius 3 is 2.62 bits per heavy atom. The zero-order valence-electron chi connectivity index (χ0n) is 12.8. The van der Waals surface area contributed by atoms with E-state index in [1.54, 1.807) is 0 Å². The Kier molecular flexibility index (Phi) is 9.30. The topological polar surface area (TPSA) is 47.9 Å². The summed E-state index contributed by atoms with van der Waals surface area (Å²) >= 11 is 0. The molecule has 0 aliphatic heterocycles. The van der Waals surface area contributed by atoms with Crippen LogP contribution in [-0.4, -0.2) is 44.7 Å². The van der Waals surface area contributed by atoms with E-state index in [0.29, 0.717) is 32.3 Å². The van der Waals surface area contributed by atoms with Gasteiger partial charge in [-0.1, -0.05) is 31.8 Å². The van der Waals surface area contributed by atoms with Crippen molar-refractivity contribution in [3.8, 4) is 17.6 Å². The fourth-order valence-corrected chi connectivity index (χ4v) is 1.56. The number of benzene rings is 1. The molecule has 0 amide bonds. The minimum Gasteiger partial charge on any atom is -0.491 e. The lowest BCUT2D eigenvalue weighted by Crippen LogP contribution is -2.12. The molecule has 4 heteroatoms. The van der Waals surface area contributed by atoms with Crippen molar-refractivity contribution in [2.45, 2.75) is 13.8 Å². The van der Waals surface area contributed by atoms with Crippen LogP contribution in [0.1, 0.15) is 19.4 Å². The summed E-state index contributed by atoms with van der Waals surface area (Å²) in [4.78, 5) is 0. The van der Waals surface area contributed by atoms with E-state index in [-0.39, 0.29) is 6.61 Å². The number of hydrogen-bond donors (Lipinski definition) is 1. The van der Waals surface area contributed by atoms with E-state index >= 15 is 0 Å². The van der Waals surface area contributed by atoms with Gasteiger partial charge in [0.2, 0.25) is 0 Å². The molecule has 0 heterocycles. The van der Waals surface area contributed by atoms with Crippen LogP contribution in [-0.2, 0) is 9.47 Å². The van der Waals surface area contributed by atoms with Gasteiger partial charge in [-0.25, -0.2) is 0 Å². The molecule has 0 saturated heterocycles. The molecule has 0 radical (unpaired) electrons. The minimum atomic E-state index is -0.141. The SMILES string of the molecule is CC(C)COCCOCCOc1cccc(C#CCO)c1. The number of aliphatic hydroxyl groups excluding tert-OH is 1. The lowest BCUT2D eigenvalue weighted by molar-refractivity contribution is 0.0282. The molecule has 0 fully saturated rings. The van der Waals surface area contributed by atoms with Crippen molar-refractivity contribution in [2.75, 3.05) is 39.6 Å². The van der Waals surface area contributed by atoms with Crippen molar-refractivity contribution in [1.29, 1.82) is 0 Å². The lowest BCUT2D eigenvalue weighted by atomic mass is 10.2. The molecule has 1 N–H and O–H groups in total. The minimum absolute atomic E-state index is 0.141. The van der Waals surface area contributed by atoms with Gasteiger partial charge in [-0.2, -0.15) is 0 Å². The molecule has 0 spiro atoms.